The number of thiophene rings is 1. The maximum Gasteiger partial charge on any atom is 0.263 e. The molecular weight excluding hydrogens is 300 g/mol. The molecule has 2 aromatic rings. The minimum Gasteiger partial charge on any atom is -0.283 e. The maximum atomic E-state index is 13.0. The van der Waals surface area contributed by atoms with Crippen LogP contribution in [0.15, 0.2) is 22.1 Å². The van der Waals surface area contributed by atoms with E-state index in [-0.39, 0.29) is 5.56 Å². The van der Waals surface area contributed by atoms with Crippen LogP contribution in [0.2, 0.25) is 0 Å². The van der Waals surface area contributed by atoms with Gasteiger partial charge in [0.05, 0.1) is 5.39 Å². The number of thioether (sulfide) groups is 1. The van der Waals surface area contributed by atoms with Crippen molar-refractivity contribution in [2.75, 3.05) is 5.75 Å². The number of hydrogen-bond donors (Lipinski definition) is 0. The molecule has 0 N–H and O–H groups in total. The molecular formula is C16H20N2OS2. The van der Waals surface area contributed by atoms with E-state index in [9.17, 15) is 4.79 Å². The van der Waals surface area contributed by atoms with Crippen LogP contribution in [-0.4, -0.2) is 15.3 Å². The van der Waals surface area contributed by atoms with Crippen LogP contribution >= 0.6 is 23.1 Å². The van der Waals surface area contributed by atoms with Crippen LogP contribution in [0, 0.1) is 0 Å². The zero-order valence-electron chi connectivity index (χ0n) is 12.6. The molecule has 0 unspecified atom stereocenters. The Hall–Kier alpha value is -1.07. The Morgan fingerprint density at radius 3 is 2.90 bits per heavy atom. The third-order valence-electron chi connectivity index (χ3n) is 3.74. The Labute approximate surface area is 133 Å². The van der Waals surface area contributed by atoms with Crippen LogP contribution in [0.4, 0.5) is 0 Å². The molecule has 0 spiro atoms. The van der Waals surface area contributed by atoms with Gasteiger partial charge in [-0.1, -0.05) is 30.8 Å². The number of aromatic nitrogens is 2. The van der Waals surface area contributed by atoms with E-state index in [1.54, 1.807) is 27.7 Å². The van der Waals surface area contributed by atoms with Crippen molar-refractivity contribution in [2.45, 2.75) is 51.2 Å². The topological polar surface area (TPSA) is 34.9 Å². The molecule has 3 nitrogen and oxygen atoms in total. The molecule has 3 rings (SSSR count). The molecule has 2 heterocycles. The monoisotopic (exact) mass is 320 g/mol. The molecule has 2 aromatic heterocycles. The van der Waals surface area contributed by atoms with Crippen LogP contribution in [0.3, 0.4) is 0 Å². The first-order chi connectivity index (χ1) is 10.1. The van der Waals surface area contributed by atoms with Gasteiger partial charge in [0, 0.05) is 11.4 Å². The molecule has 0 fully saturated rings. The summed E-state index contributed by atoms with van der Waals surface area (Å²) in [5, 5.41) is 1.70. The number of nitrogens with zero attached hydrogens (tertiary/aromatic N) is 2. The molecule has 1 aliphatic rings. The number of allylic oxidation sites excluding steroid dienone is 1. The van der Waals surface area contributed by atoms with Crippen molar-refractivity contribution >= 4 is 33.3 Å². The molecule has 0 radical (unpaired) electrons. The molecule has 112 valence electrons. The van der Waals surface area contributed by atoms with Gasteiger partial charge >= 0.3 is 0 Å². The van der Waals surface area contributed by atoms with E-state index in [2.05, 4.69) is 13.5 Å². The summed E-state index contributed by atoms with van der Waals surface area (Å²) in [6, 6.07) is 0. The Bertz CT molecular complexity index is 758. The number of aryl methyl sites for hydroxylation is 2. The highest BCUT2D eigenvalue weighted by Crippen LogP contribution is 2.34. The van der Waals surface area contributed by atoms with Gasteiger partial charge in [-0.2, -0.15) is 0 Å². The summed E-state index contributed by atoms with van der Waals surface area (Å²) in [4.78, 5) is 20.1. The zero-order chi connectivity index (χ0) is 15.0. The van der Waals surface area contributed by atoms with E-state index in [1.165, 1.54) is 23.3 Å². The van der Waals surface area contributed by atoms with E-state index in [0.29, 0.717) is 6.54 Å². The van der Waals surface area contributed by atoms with E-state index >= 15 is 0 Å². The standard InChI is InChI=1S/C16H20N2OS2/c1-4-20-16-17-14-13(15(19)18(16)9-10(2)3)11-7-5-6-8-12(11)21-14/h2,4-9H2,1,3H3. The van der Waals surface area contributed by atoms with Crippen molar-refractivity contribution in [3.63, 3.8) is 0 Å². The summed E-state index contributed by atoms with van der Waals surface area (Å²) < 4.78 is 1.81. The maximum absolute atomic E-state index is 13.0. The highest BCUT2D eigenvalue weighted by atomic mass is 32.2. The smallest absolute Gasteiger partial charge is 0.263 e. The third kappa shape index (κ3) is 2.69. The quantitative estimate of drug-likeness (QED) is 0.485. The first kappa shape index (κ1) is 14.9. The van der Waals surface area contributed by atoms with Crippen molar-refractivity contribution in [1.82, 2.24) is 9.55 Å². The van der Waals surface area contributed by atoms with Gasteiger partial charge in [0.2, 0.25) is 0 Å². The lowest BCUT2D eigenvalue weighted by Crippen LogP contribution is -2.24. The summed E-state index contributed by atoms with van der Waals surface area (Å²) in [7, 11) is 0. The highest BCUT2D eigenvalue weighted by molar-refractivity contribution is 7.99. The first-order valence-electron chi connectivity index (χ1n) is 7.44. The van der Waals surface area contributed by atoms with Crippen LogP contribution in [-0.2, 0) is 19.4 Å². The average molecular weight is 320 g/mol. The van der Waals surface area contributed by atoms with E-state index in [0.717, 1.165) is 39.5 Å². The molecule has 5 heteroatoms. The van der Waals surface area contributed by atoms with Crippen molar-refractivity contribution in [1.29, 1.82) is 0 Å². The molecule has 0 aromatic carbocycles. The van der Waals surface area contributed by atoms with Crippen LogP contribution in [0.25, 0.3) is 10.2 Å². The Morgan fingerprint density at radius 2 is 2.19 bits per heavy atom. The van der Waals surface area contributed by atoms with Crippen molar-refractivity contribution in [3.8, 4) is 0 Å². The van der Waals surface area contributed by atoms with E-state index in [4.69, 9.17) is 4.98 Å². The number of hydrogen-bond acceptors (Lipinski definition) is 4. The molecule has 0 saturated heterocycles. The molecule has 1 aliphatic carbocycles. The van der Waals surface area contributed by atoms with Gasteiger partial charge in [0.1, 0.15) is 4.83 Å². The minimum atomic E-state index is 0.123. The number of rotatable bonds is 4. The normalized spacial score (nSPS) is 14.4. The van der Waals surface area contributed by atoms with Gasteiger partial charge in [0.15, 0.2) is 5.16 Å². The van der Waals surface area contributed by atoms with Crippen LogP contribution < -0.4 is 5.56 Å². The Balaban J connectivity index is 2.27. The van der Waals surface area contributed by atoms with Gasteiger partial charge in [-0.25, -0.2) is 4.98 Å². The third-order valence-corrected chi connectivity index (χ3v) is 5.79. The predicted octanol–water partition coefficient (Wildman–Crippen LogP) is 4.02. The summed E-state index contributed by atoms with van der Waals surface area (Å²) >= 11 is 3.36. The van der Waals surface area contributed by atoms with Gasteiger partial charge in [-0.05, 0) is 43.9 Å². The second kappa shape index (κ2) is 5.97. The molecule has 0 atom stereocenters. The van der Waals surface area contributed by atoms with Crippen LogP contribution in [0.1, 0.15) is 37.1 Å². The summed E-state index contributed by atoms with van der Waals surface area (Å²) in [5.74, 6) is 0.916. The van der Waals surface area contributed by atoms with Crippen molar-refractivity contribution in [3.05, 3.63) is 32.9 Å². The number of fused-ring (bicyclic) bond motifs is 3. The zero-order valence-corrected chi connectivity index (χ0v) is 14.2. The SMILES string of the molecule is C=C(C)Cn1c(SCC)nc2sc3c(c2c1=O)CCCC3. The molecule has 0 amide bonds. The largest absolute Gasteiger partial charge is 0.283 e. The van der Waals surface area contributed by atoms with Crippen molar-refractivity contribution in [2.24, 2.45) is 0 Å². The molecule has 0 bridgehead atoms. The second-order valence-electron chi connectivity index (χ2n) is 5.57. The lowest BCUT2D eigenvalue weighted by atomic mass is 9.97. The van der Waals surface area contributed by atoms with E-state index in [1.807, 2.05) is 6.92 Å². The van der Waals surface area contributed by atoms with Crippen molar-refractivity contribution < 1.29 is 0 Å². The van der Waals surface area contributed by atoms with Gasteiger partial charge in [0.25, 0.3) is 5.56 Å². The molecule has 0 saturated carbocycles. The van der Waals surface area contributed by atoms with E-state index < -0.39 is 0 Å². The van der Waals surface area contributed by atoms with Gasteiger partial charge in [-0.3, -0.25) is 9.36 Å². The fourth-order valence-corrected chi connectivity index (χ4v) is 4.90. The fraction of sp³-hybridized carbons (Fsp3) is 0.500. The minimum absolute atomic E-state index is 0.123. The summed E-state index contributed by atoms with van der Waals surface area (Å²) in [5.41, 5.74) is 2.38. The fourth-order valence-electron chi connectivity index (χ4n) is 2.87. The first-order valence-corrected chi connectivity index (χ1v) is 9.24. The summed E-state index contributed by atoms with van der Waals surface area (Å²) in [6.45, 7) is 8.57. The second-order valence-corrected chi connectivity index (χ2v) is 7.88. The Kier molecular flexibility index (Phi) is 4.22. The lowest BCUT2D eigenvalue weighted by Gasteiger charge is -2.13. The molecule has 0 aliphatic heterocycles. The molecule has 21 heavy (non-hydrogen) atoms. The average Bonchev–Trinajstić information content (AvgIpc) is 2.81. The Morgan fingerprint density at radius 1 is 1.43 bits per heavy atom. The van der Waals surface area contributed by atoms with Crippen LogP contribution in [0.5, 0.6) is 0 Å². The summed E-state index contributed by atoms with van der Waals surface area (Å²) in [6.07, 6.45) is 4.55. The highest BCUT2D eigenvalue weighted by Gasteiger charge is 2.21. The van der Waals surface area contributed by atoms with Gasteiger partial charge in [-0.15, -0.1) is 11.3 Å². The predicted molar refractivity (Wildman–Crippen MR) is 91.7 cm³/mol. The lowest BCUT2D eigenvalue weighted by molar-refractivity contribution is 0.650. The van der Waals surface area contributed by atoms with Gasteiger partial charge < -0.3 is 0 Å².